The molecule has 10 nitrogen and oxygen atoms in total. The number of aromatic nitrogens is 5. The second kappa shape index (κ2) is 6.28. The van der Waals surface area contributed by atoms with Crippen LogP contribution in [0.15, 0.2) is 34.0 Å². The number of anilines is 1. The van der Waals surface area contributed by atoms with Gasteiger partial charge in [-0.1, -0.05) is 35.0 Å². The van der Waals surface area contributed by atoms with Crippen molar-refractivity contribution in [2.24, 2.45) is 5.10 Å². The summed E-state index contributed by atoms with van der Waals surface area (Å²) in [7, 11) is 0. The Labute approximate surface area is 136 Å². The maximum absolute atomic E-state index is 12.4. The predicted octanol–water partition coefficient (Wildman–Crippen LogP) is 0.613. The molecule has 3 aromatic rings. The van der Waals surface area contributed by atoms with Crippen LogP contribution in [0.1, 0.15) is 27.3 Å². The van der Waals surface area contributed by atoms with Crippen LogP contribution >= 0.6 is 0 Å². The van der Waals surface area contributed by atoms with E-state index in [4.69, 9.17) is 5.73 Å². The number of nitrogens with one attached hydrogen (secondary N) is 1. The van der Waals surface area contributed by atoms with E-state index >= 15 is 0 Å². The summed E-state index contributed by atoms with van der Waals surface area (Å²) < 4.78 is 5.67. The van der Waals surface area contributed by atoms with Crippen LogP contribution in [-0.4, -0.2) is 37.4 Å². The number of carbonyl (C=O) groups is 1. The van der Waals surface area contributed by atoms with Gasteiger partial charge >= 0.3 is 0 Å². The number of rotatable bonds is 4. The molecule has 0 spiro atoms. The van der Waals surface area contributed by atoms with Crippen LogP contribution in [0.3, 0.4) is 0 Å². The van der Waals surface area contributed by atoms with Gasteiger partial charge in [0.1, 0.15) is 0 Å². The van der Waals surface area contributed by atoms with Gasteiger partial charge in [0.15, 0.2) is 5.69 Å². The molecule has 0 radical (unpaired) electrons. The van der Waals surface area contributed by atoms with Gasteiger partial charge in [0.2, 0.25) is 11.6 Å². The lowest BCUT2D eigenvalue weighted by Gasteiger charge is -2.02. The molecule has 0 aliphatic heterocycles. The first-order chi connectivity index (χ1) is 11.6. The van der Waals surface area contributed by atoms with Crippen LogP contribution in [-0.2, 0) is 0 Å². The van der Waals surface area contributed by atoms with Crippen molar-refractivity contribution in [3.63, 3.8) is 0 Å². The molecule has 0 saturated carbocycles. The molecular weight excluding hydrogens is 312 g/mol. The number of hydrogen-bond acceptors (Lipinski definition) is 8. The summed E-state index contributed by atoms with van der Waals surface area (Å²) >= 11 is 0. The smallest absolute Gasteiger partial charge is 0.292 e. The Morgan fingerprint density at radius 1 is 1.29 bits per heavy atom. The maximum atomic E-state index is 12.4. The largest absolute Gasteiger partial charge is 0.378 e. The van der Waals surface area contributed by atoms with Gasteiger partial charge in [0.25, 0.3) is 5.91 Å². The summed E-state index contributed by atoms with van der Waals surface area (Å²) in [6, 6.07) is 7.69. The number of aryl methyl sites for hydroxylation is 2. The third-order valence-corrected chi connectivity index (χ3v) is 3.21. The first kappa shape index (κ1) is 15.3. The molecule has 2 heterocycles. The monoisotopic (exact) mass is 326 g/mol. The lowest BCUT2D eigenvalue weighted by Crippen LogP contribution is -2.22. The molecule has 0 saturated heterocycles. The fourth-order valence-electron chi connectivity index (χ4n) is 1.97. The lowest BCUT2D eigenvalue weighted by molar-refractivity contribution is 0.0946. The van der Waals surface area contributed by atoms with Gasteiger partial charge in [-0.15, -0.1) is 5.10 Å². The number of nitrogens with two attached hydrogens (primary N) is 1. The predicted molar refractivity (Wildman–Crippen MR) is 84.6 cm³/mol. The van der Waals surface area contributed by atoms with Crippen LogP contribution in [0.25, 0.3) is 5.82 Å². The minimum atomic E-state index is -0.511. The topological polar surface area (TPSA) is 137 Å². The van der Waals surface area contributed by atoms with Crippen molar-refractivity contribution in [3.05, 3.63) is 46.8 Å². The van der Waals surface area contributed by atoms with Gasteiger partial charge in [-0.3, -0.25) is 4.79 Å². The standard InChI is InChI=1S/C14H14N8O2/c1-8-3-5-10(6-4-8)7-16-18-14(23)11-9(2)17-21-22(11)13-12(15)19-24-20-13/h3-7H,1-2H3,(H2,15,19)(H,18,23). The molecule has 0 fully saturated rings. The van der Waals surface area contributed by atoms with Gasteiger partial charge < -0.3 is 5.73 Å². The van der Waals surface area contributed by atoms with Crippen molar-refractivity contribution in [1.29, 1.82) is 0 Å². The number of nitrogen functional groups attached to an aromatic ring is 1. The molecule has 10 heteroatoms. The van der Waals surface area contributed by atoms with E-state index in [9.17, 15) is 4.79 Å². The van der Waals surface area contributed by atoms with Crippen molar-refractivity contribution in [3.8, 4) is 5.82 Å². The number of benzene rings is 1. The molecule has 24 heavy (non-hydrogen) atoms. The highest BCUT2D eigenvalue weighted by molar-refractivity contribution is 5.94. The highest BCUT2D eigenvalue weighted by atomic mass is 16.6. The minimum Gasteiger partial charge on any atom is -0.378 e. The maximum Gasteiger partial charge on any atom is 0.292 e. The molecule has 0 unspecified atom stereocenters. The van der Waals surface area contributed by atoms with E-state index in [2.05, 4.69) is 35.8 Å². The molecule has 0 aliphatic rings. The second-order valence-corrected chi connectivity index (χ2v) is 5.02. The summed E-state index contributed by atoms with van der Waals surface area (Å²) in [5, 5.41) is 18.7. The lowest BCUT2D eigenvalue weighted by atomic mass is 10.2. The molecule has 0 bridgehead atoms. The Morgan fingerprint density at radius 3 is 2.71 bits per heavy atom. The molecule has 3 N–H and O–H groups in total. The second-order valence-electron chi connectivity index (χ2n) is 5.02. The Kier molecular flexibility index (Phi) is 4.01. The van der Waals surface area contributed by atoms with E-state index in [1.165, 1.54) is 6.21 Å². The zero-order valence-corrected chi connectivity index (χ0v) is 13.0. The van der Waals surface area contributed by atoms with Crippen LogP contribution < -0.4 is 11.2 Å². The first-order valence-corrected chi connectivity index (χ1v) is 6.97. The number of carbonyl (C=O) groups excluding carboxylic acids is 1. The van der Waals surface area contributed by atoms with Gasteiger partial charge in [-0.05, 0) is 29.7 Å². The summed E-state index contributed by atoms with van der Waals surface area (Å²) in [4.78, 5) is 12.4. The normalized spacial score (nSPS) is 11.1. The van der Waals surface area contributed by atoms with Crippen LogP contribution in [0, 0.1) is 13.8 Å². The number of nitrogens with zero attached hydrogens (tertiary/aromatic N) is 6. The van der Waals surface area contributed by atoms with Crippen molar-refractivity contribution in [2.75, 3.05) is 5.73 Å². The van der Waals surface area contributed by atoms with Gasteiger partial charge in [0, 0.05) is 0 Å². The van der Waals surface area contributed by atoms with Crippen LogP contribution in [0.5, 0.6) is 0 Å². The van der Waals surface area contributed by atoms with E-state index in [0.717, 1.165) is 15.8 Å². The van der Waals surface area contributed by atoms with E-state index in [0.29, 0.717) is 5.69 Å². The summed E-state index contributed by atoms with van der Waals surface area (Å²) in [6.07, 6.45) is 1.53. The summed E-state index contributed by atoms with van der Waals surface area (Å²) in [6.45, 7) is 3.62. The molecular formula is C14H14N8O2. The van der Waals surface area contributed by atoms with Crippen molar-refractivity contribution in [1.82, 2.24) is 30.7 Å². The van der Waals surface area contributed by atoms with Gasteiger partial charge in [-0.25, -0.2) is 10.1 Å². The fraction of sp³-hybridized carbons (Fsp3) is 0.143. The van der Waals surface area contributed by atoms with E-state index in [1.54, 1.807) is 6.92 Å². The molecule has 1 aromatic carbocycles. The zero-order valence-electron chi connectivity index (χ0n) is 13.0. The highest BCUT2D eigenvalue weighted by Gasteiger charge is 2.22. The Bertz CT molecular complexity index is 894. The molecule has 3 rings (SSSR count). The molecule has 1 amide bonds. The third kappa shape index (κ3) is 2.97. The summed E-state index contributed by atoms with van der Waals surface area (Å²) in [5.74, 6) is -0.427. The van der Waals surface area contributed by atoms with E-state index in [1.807, 2.05) is 31.2 Å². The van der Waals surface area contributed by atoms with Crippen molar-refractivity contribution < 1.29 is 9.42 Å². The average molecular weight is 326 g/mol. The van der Waals surface area contributed by atoms with Gasteiger partial charge in [0.05, 0.1) is 11.9 Å². The third-order valence-electron chi connectivity index (χ3n) is 3.21. The van der Waals surface area contributed by atoms with Crippen molar-refractivity contribution >= 4 is 17.9 Å². The quantitative estimate of drug-likeness (QED) is 0.529. The number of amides is 1. The molecule has 0 atom stereocenters. The first-order valence-electron chi connectivity index (χ1n) is 6.97. The van der Waals surface area contributed by atoms with E-state index in [-0.39, 0.29) is 17.3 Å². The van der Waals surface area contributed by atoms with Gasteiger partial charge in [-0.2, -0.15) is 9.78 Å². The molecule has 122 valence electrons. The number of hydrazone groups is 1. The Morgan fingerprint density at radius 2 is 2.04 bits per heavy atom. The molecule has 2 aromatic heterocycles. The zero-order chi connectivity index (χ0) is 17.1. The van der Waals surface area contributed by atoms with Crippen LogP contribution in [0.4, 0.5) is 5.82 Å². The van der Waals surface area contributed by atoms with Crippen molar-refractivity contribution in [2.45, 2.75) is 13.8 Å². The minimum absolute atomic E-state index is 0.00268. The fourth-order valence-corrected chi connectivity index (χ4v) is 1.97. The Hall–Kier alpha value is -3.56. The highest BCUT2D eigenvalue weighted by Crippen LogP contribution is 2.14. The summed E-state index contributed by atoms with van der Waals surface area (Å²) in [5.41, 5.74) is 10.6. The average Bonchev–Trinajstić information content (AvgIpc) is 3.14. The van der Waals surface area contributed by atoms with Crippen LogP contribution in [0.2, 0.25) is 0 Å². The Balaban J connectivity index is 1.80. The van der Waals surface area contributed by atoms with E-state index < -0.39 is 5.91 Å². The number of hydrogen-bond donors (Lipinski definition) is 2. The molecule has 0 aliphatic carbocycles. The SMILES string of the molecule is Cc1ccc(C=NNC(=O)c2c(C)nnn2-c2nonc2N)cc1.